The smallest absolute Gasteiger partial charge is 0.0694 e. The molecule has 0 bridgehead atoms. The SMILES string of the molecule is CC(C)(Cl)C[C@@H]1NCCC[C@@H]1O. The first-order chi connectivity index (χ1) is 5.49. The third-order valence-electron chi connectivity index (χ3n) is 2.25. The Labute approximate surface area is 79.3 Å². The van der Waals surface area contributed by atoms with Crippen LogP contribution in [0.4, 0.5) is 0 Å². The van der Waals surface area contributed by atoms with Crippen molar-refractivity contribution in [1.82, 2.24) is 5.32 Å². The number of hydrogen-bond donors (Lipinski definition) is 2. The fourth-order valence-corrected chi connectivity index (χ4v) is 1.83. The molecular formula is C9H18ClNO. The van der Waals surface area contributed by atoms with Gasteiger partial charge in [0.25, 0.3) is 0 Å². The molecule has 2 nitrogen and oxygen atoms in total. The molecule has 0 saturated carbocycles. The predicted molar refractivity (Wildman–Crippen MR) is 51.6 cm³/mol. The lowest BCUT2D eigenvalue weighted by Crippen LogP contribution is -2.47. The Kier molecular flexibility index (Phi) is 3.38. The summed E-state index contributed by atoms with van der Waals surface area (Å²) in [5, 5.41) is 12.9. The number of halogens is 1. The van der Waals surface area contributed by atoms with Crippen LogP contribution in [0.2, 0.25) is 0 Å². The van der Waals surface area contributed by atoms with E-state index in [0.717, 1.165) is 25.8 Å². The lowest BCUT2D eigenvalue weighted by atomic mass is 9.93. The Morgan fingerprint density at radius 1 is 1.58 bits per heavy atom. The first-order valence-corrected chi connectivity index (χ1v) is 4.97. The number of nitrogens with one attached hydrogen (secondary N) is 1. The number of rotatable bonds is 2. The number of hydrogen-bond acceptors (Lipinski definition) is 2. The van der Waals surface area contributed by atoms with E-state index in [0.29, 0.717) is 0 Å². The van der Waals surface area contributed by atoms with Crippen molar-refractivity contribution in [2.75, 3.05) is 6.54 Å². The summed E-state index contributed by atoms with van der Waals surface area (Å²) < 4.78 is 0. The molecule has 0 aromatic heterocycles. The van der Waals surface area contributed by atoms with E-state index in [9.17, 15) is 5.11 Å². The molecule has 0 amide bonds. The first kappa shape index (κ1) is 10.3. The zero-order valence-electron chi connectivity index (χ0n) is 7.81. The van der Waals surface area contributed by atoms with Crippen molar-refractivity contribution in [1.29, 1.82) is 0 Å². The fraction of sp³-hybridized carbons (Fsp3) is 1.00. The Hall–Kier alpha value is 0.210. The molecule has 0 radical (unpaired) electrons. The molecule has 0 spiro atoms. The van der Waals surface area contributed by atoms with E-state index in [-0.39, 0.29) is 17.0 Å². The van der Waals surface area contributed by atoms with Crippen LogP contribution in [0.3, 0.4) is 0 Å². The summed E-state index contributed by atoms with van der Waals surface area (Å²) in [7, 11) is 0. The van der Waals surface area contributed by atoms with Crippen molar-refractivity contribution in [3.05, 3.63) is 0 Å². The van der Waals surface area contributed by atoms with Gasteiger partial charge >= 0.3 is 0 Å². The van der Waals surface area contributed by atoms with E-state index in [1.807, 2.05) is 13.8 Å². The van der Waals surface area contributed by atoms with Crippen LogP contribution in [0.25, 0.3) is 0 Å². The molecule has 2 atom stereocenters. The van der Waals surface area contributed by atoms with E-state index >= 15 is 0 Å². The molecular weight excluding hydrogens is 174 g/mol. The second-order valence-corrected chi connectivity index (χ2v) is 5.22. The minimum atomic E-state index is -0.212. The maximum atomic E-state index is 9.61. The van der Waals surface area contributed by atoms with Crippen LogP contribution in [0.5, 0.6) is 0 Å². The van der Waals surface area contributed by atoms with Gasteiger partial charge in [-0.05, 0) is 39.7 Å². The lowest BCUT2D eigenvalue weighted by Gasteiger charge is -2.32. The zero-order chi connectivity index (χ0) is 9.19. The van der Waals surface area contributed by atoms with Gasteiger partial charge in [0.2, 0.25) is 0 Å². The monoisotopic (exact) mass is 191 g/mol. The molecule has 12 heavy (non-hydrogen) atoms. The van der Waals surface area contributed by atoms with Crippen LogP contribution in [0.15, 0.2) is 0 Å². The average molecular weight is 192 g/mol. The highest BCUT2D eigenvalue weighted by atomic mass is 35.5. The third kappa shape index (κ3) is 3.30. The molecule has 0 unspecified atom stereocenters. The van der Waals surface area contributed by atoms with Crippen molar-refractivity contribution in [3.8, 4) is 0 Å². The topological polar surface area (TPSA) is 32.3 Å². The molecule has 0 aromatic carbocycles. The van der Waals surface area contributed by atoms with E-state index in [1.54, 1.807) is 0 Å². The van der Waals surface area contributed by atoms with E-state index in [1.165, 1.54) is 0 Å². The molecule has 1 aliphatic rings. The van der Waals surface area contributed by atoms with Gasteiger partial charge in [-0.15, -0.1) is 11.6 Å². The lowest BCUT2D eigenvalue weighted by molar-refractivity contribution is 0.0884. The van der Waals surface area contributed by atoms with Gasteiger partial charge in [0, 0.05) is 10.9 Å². The summed E-state index contributed by atoms with van der Waals surface area (Å²) in [6, 6.07) is 0.186. The van der Waals surface area contributed by atoms with Crippen LogP contribution in [0, 0.1) is 0 Å². The van der Waals surface area contributed by atoms with Gasteiger partial charge < -0.3 is 10.4 Å². The Morgan fingerprint density at radius 2 is 2.25 bits per heavy atom. The molecule has 1 heterocycles. The highest BCUT2D eigenvalue weighted by Crippen LogP contribution is 2.23. The first-order valence-electron chi connectivity index (χ1n) is 4.59. The summed E-state index contributed by atoms with van der Waals surface area (Å²) in [6.07, 6.45) is 2.59. The van der Waals surface area contributed by atoms with Crippen LogP contribution in [0.1, 0.15) is 33.1 Å². The molecule has 2 N–H and O–H groups in total. The maximum absolute atomic E-state index is 9.61. The van der Waals surface area contributed by atoms with Crippen LogP contribution >= 0.6 is 11.6 Å². The van der Waals surface area contributed by atoms with E-state index < -0.39 is 0 Å². The normalized spacial score (nSPS) is 32.0. The zero-order valence-corrected chi connectivity index (χ0v) is 8.56. The minimum Gasteiger partial charge on any atom is -0.392 e. The number of piperidine rings is 1. The van der Waals surface area contributed by atoms with Crippen LogP contribution in [-0.2, 0) is 0 Å². The molecule has 0 aromatic rings. The van der Waals surface area contributed by atoms with Crippen molar-refractivity contribution >= 4 is 11.6 Å². The van der Waals surface area contributed by atoms with Crippen molar-refractivity contribution in [2.45, 2.75) is 50.1 Å². The highest BCUT2D eigenvalue weighted by Gasteiger charge is 2.27. The Bertz CT molecular complexity index is 144. The predicted octanol–water partition coefficient (Wildman–Crippen LogP) is 1.51. The van der Waals surface area contributed by atoms with E-state index in [4.69, 9.17) is 11.6 Å². The standard InChI is InChI=1S/C9H18ClNO/c1-9(2,10)6-7-8(12)4-3-5-11-7/h7-8,11-12H,3-6H2,1-2H3/t7-,8-/m0/s1. The summed E-state index contributed by atoms with van der Waals surface area (Å²) >= 11 is 6.08. The summed E-state index contributed by atoms with van der Waals surface area (Å²) in [6.45, 7) is 4.98. The number of aliphatic hydroxyl groups excluding tert-OH is 1. The van der Waals surface area contributed by atoms with Gasteiger partial charge in [-0.25, -0.2) is 0 Å². The van der Waals surface area contributed by atoms with Crippen molar-refractivity contribution in [3.63, 3.8) is 0 Å². The molecule has 0 aliphatic carbocycles. The second kappa shape index (κ2) is 3.95. The molecule has 1 aliphatic heterocycles. The van der Waals surface area contributed by atoms with Crippen LogP contribution in [-0.4, -0.2) is 28.7 Å². The van der Waals surface area contributed by atoms with Gasteiger partial charge in [-0.1, -0.05) is 0 Å². The van der Waals surface area contributed by atoms with Gasteiger partial charge in [-0.2, -0.15) is 0 Å². The summed E-state index contributed by atoms with van der Waals surface area (Å²) in [5.74, 6) is 0. The van der Waals surface area contributed by atoms with Gasteiger partial charge in [-0.3, -0.25) is 0 Å². The molecule has 72 valence electrons. The molecule has 1 rings (SSSR count). The van der Waals surface area contributed by atoms with Gasteiger partial charge in [0.05, 0.1) is 6.10 Å². The molecule has 1 saturated heterocycles. The van der Waals surface area contributed by atoms with Gasteiger partial charge in [0.15, 0.2) is 0 Å². The minimum absolute atomic E-state index is 0.186. The van der Waals surface area contributed by atoms with Gasteiger partial charge in [0.1, 0.15) is 0 Å². The van der Waals surface area contributed by atoms with Crippen molar-refractivity contribution in [2.24, 2.45) is 0 Å². The fourth-order valence-electron chi connectivity index (χ4n) is 1.67. The summed E-state index contributed by atoms with van der Waals surface area (Å²) in [5.41, 5.74) is 0. The summed E-state index contributed by atoms with van der Waals surface area (Å²) in [4.78, 5) is -0.212. The second-order valence-electron chi connectivity index (χ2n) is 4.19. The maximum Gasteiger partial charge on any atom is 0.0694 e. The van der Waals surface area contributed by atoms with E-state index in [2.05, 4.69) is 5.32 Å². The van der Waals surface area contributed by atoms with Crippen LogP contribution < -0.4 is 5.32 Å². The molecule has 3 heteroatoms. The average Bonchev–Trinajstić information content (AvgIpc) is 1.91. The number of alkyl halides is 1. The van der Waals surface area contributed by atoms with Crippen molar-refractivity contribution < 1.29 is 5.11 Å². The largest absolute Gasteiger partial charge is 0.392 e. The third-order valence-corrected chi connectivity index (χ3v) is 2.41. The quantitative estimate of drug-likeness (QED) is 0.649. The Balaban J connectivity index is 2.39. The highest BCUT2D eigenvalue weighted by molar-refractivity contribution is 6.23. The number of aliphatic hydroxyl groups is 1. The Morgan fingerprint density at radius 3 is 2.75 bits per heavy atom. The molecule has 1 fully saturated rings.